The van der Waals surface area contributed by atoms with E-state index in [-0.39, 0.29) is 0 Å². The van der Waals surface area contributed by atoms with E-state index in [1.807, 2.05) is 18.2 Å². The number of nitrogens with one attached hydrogen (secondary N) is 1. The molecule has 4 heteroatoms. The van der Waals surface area contributed by atoms with Crippen LogP contribution in [0.1, 0.15) is 19.3 Å². The maximum Gasteiger partial charge on any atom is 0.0612 e. The molecule has 2 unspecified atom stereocenters. The predicted molar refractivity (Wildman–Crippen MR) is 75.2 cm³/mol. The first-order valence-electron chi connectivity index (χ1n) is 5.96. The van der Waals surface area contributed by atoms with Gasteiger partial charge in [-0.25, -0.2) is 0 Å². The molecule has 0 aromatic heterocycles. The molecule has 1 saturated carbocycles. The van der Waals surface area contributed by atoms with Crippen molar-refractivity contribution in [1.29, 1.82) is 0 Å². The Bertz CT molecular complexity index is 393. The van der Waals surface area contributed by atoms with E-state index in [4.69, 9.17) is 23.2 Å². The minimum absolute atomic E-state index is 0.502. The van der Waals surface area contributed by atoms with Crippen LogP contribution in [-0.4, -0.2) is 31.1 Å². The fraction of sp³-hybridized carbons (Fsp3) is 0.538. The molecule has 1 fully saturated rings. The van der Waals surface area contributed by atoms with Gasteiger partial charge in [-0.15, -0.1) is 0 Å². The van der Waals surface area contributed by atoms with Crippen molar-refractivity contribution in [1.82, 2.24) is 4.90 Å². The lowest BCUT2D eigenvalue weighted by Crippen LogP contribution is -2.39. The number of anilines is 1. The maximum atomic E-state index is 6.02. The Labute approximate surface area is 113 Å². The van der Waals surface area contributed by atoms with Crippen LogP contribution >= 0.6 is 23.2 Å². The van der Waals surface area contributed by atoms with Gasteiger partial charge < -0.3 is 10.2 Å². The van der Waals surface area contributed by atoms with E-state index >= 15 is 0 Å². The second-order valence-corrected chi connectivity index (χ2v) is 5.66. The molecule has 0 aliphatic heterocycles. The third kappa shape index (κ3) is 3.06. The monoisotopic (exact) mass is 272 g/mol. The third-order valence-corrected chi connectivity index (χ3v) is 4.15. The van der Waals surface area contributed by atoms with Gasteiger partial charge in [0.15, 0.2) is 0 Å². The van der Waals surface area contributed by atoms with Crippen LogP contribution in [0.2, 0.25) is 10.0 Å². The van der Waals surface area contributed by atoms with E-state index in [9.17, 15) is 0 Å². The molecule has 94 valence electrons. The molecule has 0 spiro atoms. The lowest BCUT2D eigenvalue weighted by Gasteiger charge is -2.27. The average Bonchev–Trinajstić information content (AvgIpc) is 2.72. The maximum absolute atomic E-state index is 6.02. The van der Waals surface area contributed by atoms with E-state index in [0.717, 1.165) is 5.69 Å². The highest BCUT2D eigenvalue weighted by Gasteiger charge is 2.28. The molecule has 1 N–H and O–H groups in total. The fourth-order valence-electron chi connectivity index (χ4n) is 2.53. The summed E-state index contributed by atoms with van der Waals surface area (Å²) in [7, 11) is 4.28. The van der Waals surface area contributed by atoms with Crippen LogP contribution in [0.3, 0.4) is 0 Å². The van der Waals surface area contributed by atoms with Crippen LogP contribution in [0.25, 0.3) is 0 Å². The Balaban J connectivity index is 2.07. The quantitative estimate of drug-likeness (QED) is 0.898. The lowest BCUT2D eigenvalue weighted by atomic mass is 10.1. The first kappa shape index (κ1) is 13.0. The third-order valence-electron chi connectivity index (χ3n) is 3.41. The van der Waals surface area contributed by atoms with Crippen molar-refractivity contribution in [2.45, 2.75) is 31.3 Å². The van der Waals surface area contributed by atoms with Gasteiger partial charge >= 0.3 is 0 Å². The SMILES string of the molecule is CN(C)C1CCCC1Nc1ccc(Cl)c(Cl)c1. The molecule has 0 heterocycles. The van der Waals surface area contributed by atoms with Crippen molar-refractivity contribution in [3.8, 4) is 0 Å². The highest BCUT2D eigenvalue weighted by Crippen LogP contribution is 2.29. The summed E-state index contributed by atoms with van der Waals surface area (Å²) in [5, 5.41) is 4.77. The van der Waals surface area contributed by atoms with Gasteiger partial charge in [-0.3, -0.25) is 0 Å². The highest BCUT2D eigenvalue weighted by molar-refractivity contribution is 6.42. The Morgan fingerprint density at radius 2 is 1.94 bits per heavy atom. The van der Waals surface area contributed by atoms with Gasteiger partial charge in [-0.1, -0.05) is 23.2 Å². The summed E-state index contributed by atoms with van der Waals surface area (Å²) in [5.41, 5.74) is 1.05. The molecule has 1 aromatic carbocycles. The van der Waals surface area contributed by atoms with Gasteiger partial charge in [-0.2, -0.15) is 0 Å². The van der Waals surface area contributed by atoms with Crippen molar-refractivity contribution in [3.63, 3.8) is 0 Å². The van der Waals surface area contributed by atoms with Gasteiger partial charge in [0.25, 0.3) is 0 Å². The number of likely N-dealkylation sites (N-methyl/N-ethyl adjacent to an activating group) is 1. The smallest absolute Gasteiger partial charge is 0.0612 e. The lowest BCUT2D eigenvalue weighted by molar-refractivity contribution is 0.285. The van der Waals surface area contributed by atoms with Crippen LogP contribution in [0.4, 0.5) is 5.69 Å². The normalized spacial score (nSPS) is 24.3. The molecular weight excluding hydrogens is 255 g/mol. The number of benzene rings is 1. The van der Waals surface area contributed by atoms with Crippen molar-refractivity contribution in [2.24, 2.45) is 0 Å². The zero-order valence-electron chi connectivity index (χ0n) is 10.2. The number of hydrogen-bond acceptors (Lipinski definition) is 2. The second kappa shape index (κ2) is 5.47. The van der Waals surface area contributed by atoms with Crippen LogP contribution in [0.5, 0.6) is 0 Å². The van der Waals surface area contributed by atoms with Crippen LogP contribution in [0.15, 0.2) is 18.2 Å². The molecule has 17 heavy (non-hydrogen) atoms. The molecule has 0 amide bonds. The molecule has 2 nitrogen and oxygen atoms in total. The first-order valence-corrected chi connectivity index (χ1v) is 6.71. The van der Waals surface area contributed by atoms with Crippen molar-refractivity contribution in [3.05, 3.63) is 28.2 Å². The Hall–Kier alpha value is -0.440. The minimum atomic E-state index is 0.502. The van der Waals surface area contributed by atoms with Gasteiger partial charge in [-0.05, 0) is 51.6 Å². The fourth-order valence-corrected chi connectivity index (χ4v) is 2.83. The molecule has 1 aromatic rings. The summed E-state index contributed by atoms with van der Waals surface area (Å²) in [6.07, 6.45) is 3.75. The summed E-state index contributed by atoms with van der Waals surface area (Å²) in [6, 6.07) is 6.83. The summed E-state index contributed by atoms with van der Waals surface area (Å²) in [6.45, 7) is 0. The molecule has 0 bridgehead atoms. The van der Waals surface area contributed by atoms with Crippen LogP contribution in [0, 0.1) is 0 Å². The van der Waals surface area contributed by atoms with Crippen molar-refractivity contribution < 1.29 is 0 Å². The molecule has 0 saturated heterocycles. The van der Waals surface area contributed by atoms with Crippen molar-refractivity contribution >= 4 is 28.9 Å². The Morgan fingerprint density at radius 3 is 2.59 bits per heavy atom. The first-order chi connectivity index (χ1) is 8.08. The number of nitrogens with zero attached hydrogens (tertiary/aromatic N) is 1. The van der Waals surface area contributed by atoms with Gasteiger partial charge in [0.05, 0.1) is 10.0 Å². The van der Waals surface area contributed by atoms with E-state index in [1.54, 1.807) is 0 Å². The van der Waals surface area contributed by atoms with Crippen LogP contribution in [-0.2, 0) is 0 Å². The number of hydrogen-bond donors (Lipinski definition) is 1. The molecule has 2 atom stereocenters. The second-order valence-electron chi connectivity index (χ2n) is 4.84. The summed E-state index contributed by atoms with van der Waals surface area (Å²) < 4.78 is 0. The standard InChI is InChI=1S/C13H18Cl2N2/c1-17(2)13-5-3-4-12(13)16-9-6-7-10(14)11(15)8-9/h6-8,12-13,16H,3-5H2,1-2H3. The minimum Gasteiger partial charge on any atom is -0.381 e. The molecule has 1 aliphatic carbocycles. The van der Waals surface area contributed by atoms with E-state index in [1.165, 1.54) is 19.3 Å². The molecular formula is C13H18Cl2N2. The summed E-state index contributed by atoms with van der Waals surface area (Å²) in [4.78, 5) is 2.29. The molecule has 0 radical (unpaired) electrons. The number of rotatable bonds is 3. The zero-order chi connectivity index (χ0) is 12.4. The summed E-state index contributed by atoms with van der Waals surface area (Å²) in [5.74, 6) is 0. The zero-order valence-corrected chi connectivity index (χ0v) is 11.7. The van der Waals surface area contributed by atoms with Crippen molar-refractivity contribution in [2.75, 3.05) is 19.4 Å². The highest BCUT2D eigenvalue weighted by atomic mass is 35.5. The largest absolute Gasteiger partial charge is 0.381 e. The van der Waals surface area contributed by atoms with Gasteiger partial charge in [0, 0.05) is 17.8 Å². The van der Waals surface area contributed by atoms with E-state index in [2.05, 4.69) is 24.3 Å². The average molecular weight is 273 g/mol. The van der Waals surface area contributed by atoms with Gasteiger partial charge in [0.1, 0.15) is 0 Å². The van der Waals surface area contributed by atoms with E-state index in [0.29, 0.717) is 22.1 Å². The Morgan fingerprint density at radius 1 is 1.18 bits per heavy atom. The molecule has 2 rings (SSSR count). The predicted octanol–water partition coefficient (Wildman–Crippen LogP) is 3.89. The number of halogens is 2. The Kier molecular flexibility index (Phi) is 4.18. The molecule has 1 aliphatic rings. The topological polar surface area (TPSA) is 15.3 Å². The van der Waals surface area contributed by atoms with E-state index < -0.39 is 0 Å². The van der Waals surface area contributed by atoms with Crippen LogP contribution < -0.4 is 5.32 Å². The van der Waals surface area contributed by atoms with Gasteiger partial charge in [0.2, 0.25) is 0 Å². The summed E-state index contributed by atoms with van der Waals surface area (Å²) >= 11 is 11.9.